The summed E-state index contributed by atoms with van der Waals surface area (Å²) in [5.74, 6) is 2.11. The van der Waals surface area contributed by atoms with E-state index in [4.69, 9.17) is 4.74 Å². The third kappa shape index (κ3) is 4.45. The van der Waals surface area contributed by atoms with Crippen LogP contribution < -0.4 is 10.1 Å². The highest BCUT2D eigenvalue weighted by molar-refractivity contribution is 9.10. The molecule has 3 aromatic rings. The van der Waals surface area contributed by atoms with E-state index in [0.717, 1.165) is 28.9 Å². The normalized spacial score (nSPS) is 13.8. The van der Waals surface area contributed by atoms with E-state index in [1.165, 1.54) is 11.3 Å². The van der Waals surface area contributed by atoms with Crippen molar-refractivity contribution in [3.63, 3.8) is 0 Å². The SMILES string of the molecule is O=C1CCCN1Cc1csc(Nc2ncc(Br)cc2Oc2ccccc2)n1. The van der Waals surface area contributed by atoms with Crippen LogP contribution in [-0.2, 0) is 11.3 Å². The van der Waals surface area contributed by atoms with Crippen molar-refractivity contribution in [2.75, 3.05) is 11.9 Å². The van der Waals surface area contributed by atoms with Gasteiger partial charge in [-0.2, -0.15) is 0 Å². The molecule has 1 N–H and O–H groups in total. The van der Waals surface area contributed by atoms with Crippen LogP contribution in [0.25, 0.3) is 0 Å². The summed E-state index contributed by atoms with van der Waals surface area (Å²) in [6.07, 6.45) is 3.27. The van der Waals surface area contributed by atoms with Crippen LogP contribution in [0.15, 0.2) is 52.4 Å². The standard InChI is InChI=1S/C19H17BrN4O2S/c20-13-9-16(26-15-5-2-1-3-6-15)18(21-10-13)23-19-22-14(12-27-19)11-24-8-4-7-17(24)25/h1-3,5-6,9-10,12H,4,7-8,11H2,(H,21,22,23). The zero-order chi connectivity index (χ0) is 18.6. The molecule has 1 aliphatic rings. The number of ether oxygens (including phenoxy) is 1. The van der Waals surface area contributed by atoms with Gasteiger partial charge in [0, 0.05) is 35.1 Å². The zero-order valence-corrected chi connectivity index (χ0v) is 16.8. The maximum absolute atomic E-state index is 11.8. The molecule has 8 heteroatoms. The van der Waals surface area contributed by atoms with Gasteiger partial charge in [-0.25, -0.2) is 9.97 Å². The fraction of sp³-hybridized carbons (Fsp3) is 0.211. The monoisotopic (exact) mass is 444 g/mol. The highest BCUT2D eigenvalue weighted by atomic mass is 79.9. The first kappa shape index (κ1) is 17.9. The maximum Gasteiger partial charge on any atom is 0.222 e. The minimum atomic E-state index is 0.200. The average molecular weight is 445 g/mol. The Hall–Kier alpha value is -2.45. The van der Waals surface area contributed by atoms with Crippen LogP contribution in [0.1, 0.15) is 18.5 Å². The summed E-state index contributed by atoms with van der Waals surface area (Å²) in [6, 6.07) is 11.4. The number of carbonyl (C=O) groups excluding carboxylic acids is 1. The van der Waals surface area contributed by atoms with Gasteiger partial charge < -0.3 is 15.0 Å². The van der Waals surface area contributed by atoms with Gasteiger partial charge in [-0.3, -0.25) is 4.79 Å². The van der Waals surface area contributed by atoms with Gasteiger partial charge in [0.2, 0.25) is 5.91 Å². The summed E-state index contributed by atoms with van der Waals surface area (Å²) in [7, 11) is 0. The predicted octanol–water partition coefficient (Wildman–Crippen LogP) is 4.96. The Morgan fingerprint density at radius 1 is 1.30 bits per heavy atom. The Labute approximate surface area is 169 Å². The Morgan fingerprint density at radius 2 is 2.15 bits per heavy atom. The van der Waals surface area contributed by atoms with Crippen molar-refractivity contribution in [2.24, 2.45) is 0 Å². The molecule has 0 unspecified atom stereocenters. The molecule has 6 nitrogen and oxygen atoms in total. The Morgan fingerprint density at radius 3 is 2.93 bits per heavy atom. The van der Waals surface area contributed by atoms with Crippen molar-refractivity contribution < 1.29 is 9.53 Å². The molecule has 1 saturated heterocycles. The summed E-state index contributed by atoms with van der Waals surface area (Å²) in [5, 5.41) is 5.90. The second-order valence-electron chi connectivity index (χ2n) is 6.10. The fourth-order valence-electron chi connectivity index (χ4n) is 2.81. The second-order valence-corrected chi connectivity index (χ2v) is 7.88. The molecule has 1 amide bonds. The van der Waals surface area contributed by atoms with Crippen molar-refractivity contribution in [1.82, 2.24) is 14.9 Å². The van der Waals surface area contributed by atoms with Crippen LogP contribution in [-0.4, -0.2) is 27.3 Å². The van der Waals surface area contributed by atoms with Crippen molar-refractivity contribution in [1.29, 1.82) is 0 Å². The van der Waals surface area contributed by atoms with E-state index in [-0.39, 0.29) is 5.91 Å². The van der Waals surface area contributed by atoms with Gasteiger partial charge in [-0.15, -0.1) is 11.3 Å². The van der Waals surface area contributed by atoms with Gasteiger partial charge in [-0.05, 0) is 34.5 Å². The topological polar surface area (TPSA) is 67.4 Å². The van der Waals surface area contributed by atoms with Crippen molar-refractivity contribution in [2.45, 2.75) is 19.4 Å². The van der Waals surface area contributed by atoms with Crippen LogP contribution in [0.5, 0.6) is 11.5 Å². The zero-order valence-electron chi connectivity index (χ0n) is 14.4. The highest BCUT2D eigenvalue weighted by Gasteiger charge is 2.21. The molecule has 1 aromatic carbocycles. The van der Waals surface area contributed by atoms with E-state index in [1.807, 2.05) is 46.7 Å². The summed E-state index contributed by atoms with van der Waals surface area (Å²) >= 11 is 4.91. The van der Waals surface area contributed by atoms with Gasteiger partial charge in [0.1, 0.15) is 5.75 Å². The van der Waals surface area contributed by atoms with Gasteiger partial charge in [-0.1, -0.05) is 18.2 Å². The van der Waals surface area contributed by atoms with Gasteiger partial charge in [0.15, 0.2) is 16.7 Å². The minimum absolute atomic E-state index is 0.200. The number of hydrogen-bond donors (Lipinski definition) is 1. The van der Waals surface area contributed by atoms with E-state index < -0.39 is 0 Å². The number of para-hydroxylation sites is 1. The number of nitrogens with one attached hydrogen (secondary N) is 1. The molecular formula is C19H17BrN4O2S. The van der Waals surface area contributed by atoms with E-state index in [9.17, 15) is 4.79 Å². The summed E-state index contributed by atoms with van der Waals surface area (Å²) in [5.41, 5.74) is 0.875. The van der Waals surface area contributed by atoms with Crippen LogP contribution in [0, 0.1) is 0 Å². The van der Waals surface area contributed by atoms with E-state index >= 15 is 0 Å². The predicted molar refractivity (Wildman–Crippen MR) is 109 cm³/mol. The lowest BCUT2D eigenvalue weighted by molar-refractivity contribution is -0.128. The van der Waals surface area contributed by atoms with Gasteiger partial charge in [0.25, 0.3) is 0 Å². The third-order valence-corrected chi connectivity index (χ3v) is 5.33. The first-order valence-electron chi connectivity index (χ1n) is 8.55. The number of carbonyl (C=O) groups is 1. The number of nitrogens with zero attached hydrogens (tertiary/aromatic N) is 3. The van der Waals surface area contributed by atoms with Gasteiger partial charge in [0.05, 0.1) is 12.2 Å². The molecule has 3 heterocycles. The first-order chi connectivity index (χ1) is 13.2. The number of aromatic nitrogens is 2. The van der Waals surface area contributed by atoms with Crippen LogP contribution >= 0.6 is 27.3 Å². The molecule has 0 aliphatic carbocycles. The maximum atomic E-state index is 11.8. The van der Waals surface area contributed by atoms with Gasteiger partial charge >= 0.3 is 0 Å². The number of anilines is 2. The number of amides is 1. The average Bonchev–Trinajstić information content (AvgIpc) is 3.28. The molecule has 0 spiro atoms. The molecule has 0 radical (unpaired) electrons. The molecule has 0 atom stereocenters. The van der Waals surface area contributed by atoms with Crippen molar-refractivity contribution in [3.8, 4) is 11.5 Å². The van der Waals surface area contributed by atoms with E-state index in [1.54, 1.807) is 6.20 Å². The Kier molecular flexibility index (Phi) is 5.35. The molecule has 4 rings (SSSR count). The quantitative estimate of drug-likeness (QED) is 0.581. The summed E-state index contributed by atoms with van der Waals surface area (Å²) < 4.78 is 6.79. The molecule has 138 valence electrons. The molecular weight excluding hydrogens is 428 g/mol. The lowest BCUT2D eigenvalue weighted by Gasteiger charge is -2.13. The lowest BCUT2D eigenvalue weighted by Crippen LogP contribution is -2.23. The molecule has 0 bridgehead atoms. The van der Waals surface area contributed by atoms with Crippen molar-refractivity contribution >= 4 is 44.1 Å². The number of halogens is 1. The van der Waals surface area contributed by atoms with Crippen LogP contribution in [0.4, 0.5) is 10.9 Å². The number of pyridine rings is 1. The number of hydrogen-bond acceptors (Lipinski definition) is 6. The highest BCUT2D eigenvalue weighted by Crippen LogP contribution is 2.33. The number of rotatable bonds is 6. The van der Waals surface area contributed by atoms with E-state index in [2.05, 4.69) is 31.2 Å². The first-order valence-corrected chi connectivity index (χ1v) is 10.2. The van der Waals surface area contributed by atoms with Crippen LogP contribution in [0.2, 0.25) is 0 Å². The number of benzene rings is 1. The minimum Gasteiger partial charge on any atom is -0.453 e. The molecule has 1 aliphatic heterocycles. The van der Waals surface area contributed by atoms with Crippen molar-refractivity contribution in [3.05, 3.63) is 58.1 Å². The molecule has 1 fully saturated rings. The summed E-state index contributed by atoms with van der Waals surface area (Å²) in [6.45, 7) is 1.36. The number of likely N-dealkylation sites (tertiary alicyclic amines) is 1. The fourth-order valence-corrected chi connectivity index (χ4v) is 3.82. The van der Waals surface area contributed by atoms with E-state index in [0.29, 0.717) is 29.7 Å². The Balaban J connectivity index is 1.50. The van der Waals surface area contributed by atoms with Crippen LogP contribution in [0.3, 0.4) is 0 Å². The smallest absolute Gasteiger partial charge is 0.222 e. The Bertz CT molecular complexity index is 948. The molecule has 0 saturated carbocycles. The lowest BCUT2D eigenvalue weighted by atomic mass is 10.3. The third-order valence-electron chi connectivity index (χ3n) is 4.09. The largest absolute Gasteiger partial charge is 0.453 e. The molecule has 27 heavy (non-hydrogen) atoms. The molecule has 2 aromatic heterocycles. The number of thiazole rings is 1. The second kappa shape index (κ2) is 8.06. The summed E-state index contributed by atoms with van der Waals surface area (Å²) in [4.78, 5) is 22.6.